The molecule has 0 radical (unpaired) electrons. The van der Waals surface area contributed by atoms with Crippen LogP contribution in [0.4, 0.5) is 0 Å². The molecule has 0 saturated heterocycles. The average Bonchev–Trinajstić information content (AvgIpc) is 0.689. The minimum absolute atomic E-state index is 0.285. The third-order valence-corrected chi connectivity index (χ3v) is 27.7. The number of rotatable bonds is 82. The van der Waals surface area contributed by atoms with Crippen LogP contribution in [0.15, 0.2) is 72.8 Å². The summed E-state index contributed by atoms with van der Waals surface area (Å²) in [7, 11) is 0. The van der Waals surface area contributed by atoms with Crippen LogP contribution in [-0.2, 0) is 12.8 Å². The molecule has 0 aromatic heterocycles. The number of ether oxygens (including phenoxy) is 6. The first-order valence-corrected chi connectivity index (χ1v) is 54.2. The van der Waals surface area contributed by atoms with E-state index in [9.17, 15) is 19.2 Å². The molecule has 0 atom stereocenters. The topological polar surface area (TPSA) is 130 Å². The first-order chi connectivity index (χ1) is 63.2. The zero-order valence-corrected chi connectivity index (χ0v) is 82.2. The molecule has 2 aliphatic heterocycles. The van der Waals surface area contributed by atoms with Gasteiger partial charge in [0, 0.05) is 46.1 Å². The fourth-order valence-corrected chi connectivity index (χ4v) is 19.8. The van der Waals surface area contributed by atoms with Gasteiger partial charge in [0.1, 0.15) is 0 Å². The number of unbranched alkanes of at least 4 members (excludes halogenated alkanes) is 56. The number of aryl methyl sites for hydroxylation is 2. The predicted molar refractivity (Wildman–Crippen MR) is 541 cm³/mol. The van der Waals surface area contributed by atoms with Crippen LogP contribution in [0.1, 0.15) is 505 Å². The van der Waals surface area contributed by atoms with Crippen LogP contribution in [0.2, 0.25) is 0 Å². The van der Waals surface area contributed by atoms with Crippen LogP contribution in [-0.4, -0.2) is 86.2 Å². The lowest BCUT2D eigenvalue weighted by Gasteiger charge is -2.30. The normalized spacial score (nSPS) is 12.8. The summed E-state index contributed by atoms with van der Waals surface area (Å²) in [5.74, 6) is 3.36. The molecule has 0 bridgehead atoms. The first kappa shape index (κ1) is 105. The molecule has 4 amide bonds. The van der Waals surface area contributed by atoms with Gasteiger partial charge < -0.3 is 28.4 Å². The molecule has 712 valence electrons. The number of carbonyl (C=O) groups is 4. The average molecular weight is 1760 g/mol. The number of carbonyl (C=O) groups excluding carboxylic acids is 4. The van der Waals surface area contributed by atoms with E-state index < -0.39 is 0 Å². The first-order valence-electron chi connectivity index (χ1n) is 54.2. The van der Waals surface area contributed by atoms with Crippen LogP contribution in [0.25, 0.3) is 43.1 Å². The van der Waals surface area contributed by atoms with E-state index >= 15 is 0 Å². The van der Waals surface area contributed by atoms with Crippen molar-refractivity contribution in [1.82, 2.24) is 9.80 Å². The molecule has 0 fully saturated rings. The van der Waals surface area contributed by atoms with E-state index in [0.717, 1.165) is 181 Å². The van der Waals surface area contributed by atoms with Gasteiger partial charge in [-0.15, -0.1) is 0 Å². The van der Waals surface area contributed by atoms with Crippen molar-refractivity contribution in [3.63, 3.8) is 0 Å². The number of amides is 4. The van der Waals surface area contributed by atoms with Gasteiger partial charge in [0.15, 0.2) is 23.0 Å². The lowest BCUT2D eigenvalue weighted by molar-refractivity contribution is 0.0592. The van der Waals surface area contributed by atoms with E-state index in [1.165, 1.54) is 318 Å². The van der Waals surface area contributed by atoms with E-state index in [0.29, 0.717) is 85.5 Å². The van der Waals surface area contributed by atoms with Crippen molar-refractivity contribution in [3.8, 4) is 34.5 Å². The van der Waals surface area contributed by atoms with Crippen molar-refractivity contribution in [1.29, 1.82) is 0 Å². The van der Waals surface area contributed by atoms with Crippen LogP contribution < -0.4 is 28.4 Å². The van der Waals surface area contributed by atoms with Gasteiger partial charge in [0.25, 0.3) is 23.6 Å². The number of nitrogens with zero attached hydrogens (tertiary/aromatic N) is 2. The summed E-state index contributed by atoms with van der Waals surface area (Å²) in [5, 5.41) is 6.58. The summed E-state index contributed by atoms with van der Waals surface area (Å²) in [6.45, 7) is 18.0. The fraction of sp³-hybridized carbons (Fsp3) is 0.690. The maximum atomic E-state index is 15.0. The van der Waals surface area contributed by atoms with Crippen molar-refractivity contribution < 1.29 is 47.6 Å². The lowest BCUT2D eigenvalue weighted by atomic mass is 9.82. The second-order valence-electron chi connectivity index (χ2n) is 38.6. The molecule has 7 aromatic rings. The molecule has 0 saturated carbocycles. The SMILES string of the molecule is CCCCCCCCCCCCOc1cc(CCCCN2C(=O)c3ccc4c5ccc6c7c(ccc(c8ccc(c3c48)C2=O)c75)C(=O)N(CCCCc2cc(OCCCCCCCCCCCC)c(OCCCCCCCCCCCC)c(OCCCCCCCCCCCC)c2)C6=O)cc(OCCCCCCCCCCCC)c1OCCCCCCCCCCCC. The molecule has 12 heteroatoms. The Labute approximate surface area is 778 Å². The standard InChI is InChI=1S/C116H178N2O10/c1-7-13-19-25-31-37-43-49-55-65-83-123-103-89-93(90-104(124-84-66-56-50-44-38-32-26-20-14-8-2)111(103)127-87-69-59-53-47-41-35-29-23-17-11-5)71-61-63-81-117-113(119)99-77-73-95-97-75-79-101-110-102(80-76-98(108(97)110)96-74-78-100(114(117)120)109(99)107(95)96)116(122)118(115(101)121)82-64-62-72-94-91-105(125-85-67-57-51-45-39-33-27-21-15-9-3)112(128-88-70-60-54-48-42-36-30-24-18-12-6)106(92-94)126-86-68-58-52-46-40-34-28-22-16-10-4/h73-80,89-92H,7-72,81-88H2,1-6H3. The van der Waals surface area contributed by atoms with Crippen LogP contribution >= 0.6 is 0 Å². The number of hydrogen-bond acceptors (Lipinski definition) is 10. The van der Waals surface area contributed by atoms with Crippen molar-refractivity contribution >= 4 is 66.7 Å². The van der Waals surface area contributed by atoms with Gasteiger partial charge in [-0.3, -0.25) is 29.0 Å². The molecular weight excluding hydrogens is 1580 g/mol. The smallest absolute Gasteiger partial charge is 0.261 e. The van der Waals surface area contributed by atoms with Gasteiger partial charge in [-0.1, -0.05) is 413 Å². The zero-order chi connectivity index (χ0) is 90.1. The minimum Gasteiger partial charge on any atom is -0.490 e. The van der Waals surface area contributed by atoms with E-state index in [1.54, 1.807) is 0 Å². The molecule has 0 unspecified atom stereocenters. The molecule has 2 aliphatic rings. The number of imide groups is 2. The monoisotopic (exact) mass is 1760 g/mol. The summed E-state index contributed by atoms with van der Waals surface area (Å²) in [6.07, 6.45) is 79.9. The minimum atomic E-state index is -0.285. The van der Waals surface area contributed by atoms with Gasteiger partial charge in [0.2, 0.25) is 11.5 Å². The van der Waals surface area contributed by atoms with Crippen molar-refractivity contribution in [2.45, 2.75) is 465 Å². The highest BCUT2D eigenvalue weighted by molar-refractivity contribution is 6.41. The summed E-state index contributed by atoms with van der Waals surface area (Å²) < 4.78 is 40.7. The molecule has 0 aliphatic carbocycles. The number of benzene rings is 7. The third-order valence-electron chi connectivity index (χ3n) is 27.7. The Morgan fingerprint density at radius 1 is 0.195 bits per heavy atom. The molecule has 12 nitrogen and oxygen atoms in total. The second-order valence-corrected chi connectivity index (χ2v) is 38.6. The Morgan fingerprint density at radius 2 is 0.375 bits per heavy atom. The highest BCUT2D eigenvalue weighted by Gasteiger charge is 2.37. The van der Waals surface area contributed by atoms with Gasteiger partial charge >= 0.3 is 0 Å². The Morgan fingerprint density at radius 3 is 0.570 bits per heavy atom. The van der Waals surface area contributed by atoms with Crippen LogP contribution in [0.5, 0.6) is 34.5 Å². The van der Waals surface area contributed by atoms with E-state index in [1.807, 2.05) is 48.5 Å². The molecule has 0 spiro atoms. The van der Waals surface area contributed by atoms with E-state index in [2.05, 4.69) is 65.8 Å². The largest absolute Gasteiger partial charge is 0.490 e. The lowest BCUT2D eigenvalue weighted by Crippen LogP contribution is -2.41. The van der Waals surface area contributed by atoms with Gasteiger partial charge in [-0.2, -0.15) is 0 Å². The van der Waals surface area contributed by atoms with Gasteiger partial charge in [-0.05, 0) is 169 Å². The highest BCUT2D eigenvalue weighted by atomic mass is 16.5. The number of hydrogen-bond donors (Lipinski definition) is 0. The Balaban J connectivity index is 0.860. The molecule has 2 heterocycles. The second kappa shape index (κ2) is 63.9. The third kappa shape index (κ3) is 35.1. The Bertz CT molecular complexity index is 3750. The summed E-state index contributed by atoms with van der Waals surface area (Å²) in [5.41, 5.74) is 4.26. The van der Waals surface area contributed by atoms with E-state index in [-0.39, 0.29) is 36.7 Å². The molecule has 7 aromatic carbocycles. The maximum absolute atomic E-state index is 15.0. The number of fused-ring (bicyclic) bond motifs is 2. The maximum Gasteiger partial charge on any atom is 0.261 e. The molecule has 0 N–H and O–H groups in total. The molecule has 128 heavy (non-hydrogen) atoms. The van der Waals surface area contributed by atoms with Crippen LogP contribution in [0, 0.1) is 0 Å². The predicted octanol–water partition coefficient (Wildman–Crippen LogP) is 34.8. The Hall–Kier alpha value is -7.08. The van der Waals surface area contributed by atoms with Gasteiger partial charge in [0.05, 0.1) is 39.6 Å². The summed E-state index contributed by atoms with van der Waals surface area (Å²) in [4.78, 5) is 62.8. The van der Waals surface area contributed by atoms with Crippen LogP contribution in [0.3, 0.4) is 0 Å². The quantitative estimate of drug-likeness (QED) is 0.0157. The van der Waals surface area contributed by atoms with Crippen molar-refractivity contribution in [2.24, 2.45) is 0 Å². The Kier molecular flexibility index (Phi) is 52.2. The molecular formula is C116H178N2O10. The summed E-state index contributed by atoms with van der Waals surface area (Å²) >= 11 is 0. The van der Waals surface area contributed by atoms with Crippen molar-refractivity contribution in [2.75, 3.05) is 52.7 Å². The van der Waals surface area contributed by atoms with E-state index in [4.69, 9.17) is 28.4 Å². The van der Waals surface area contributed by atoms with Crippen molar-refractivity contribution in [3.05, 3.63) is 106 Å². The summed E-state index contributed by atoms with van der Waals surface area (Å²) in [6, 6.07) is 24.3. The molecule has 9 rings (SSSR count). The fourth-order valence-electron chi connectivity index (χ4n) is 19.8. The highest BCUT2D eigenvalue weighted by Crippen LogP contribution is 2.48. The zero-order valence-electron chi connectivity index (χ0n) is 82.2. The van der Waals surface area contributed by atoms with Gasteiger partial charge in [-0.25, -0.2) is 0 Å².